The van der Waals surface area contributed by atoms with Crippen molar-refractivity contribution in [2.24, 2.45) is 0 Å². The fourth-order valence-corrected chi connectivity index (χ4v) is 1.24. The Morgan fingerprint density at radius 2 is 2.23 bits per heavy atom. The lowest BCUT2D eigenvalue weighted by atomic mass is 10.1. The molecule has 0 aliphatic carbocycles. The van der Waals surface area contributed by atoms with Gasteiger partial charge in [0.05, 0.1) is 6.26 Å². The number of hydrogen-bond acceptors (Lipinski definition) is 2. The normalized spacial score (nSPS) is 10.2. The summed E-state index contributed by atoms with van der Waals surface area (Å²) in [7, 11) is 0. The van der Waals surface area contributed by atoms with Crippen LogP contribution >= 0.6 is 0 Å². The molecule has 2 rings (SSSR count). The fraction of sp³-hybridized carbons (Fsp3) is 0. The highest BCUT2D eigenvalue weighted by Gasteiger charge is 2.02. The maximum absolute atomic E-state index is 11.2. The third kappa shape index (κ3) is 1.26. The number of carbonyl (C=O) groups excluding carboxylic acids is 1. The van der Waals surface area contributed by atoms with Crippen molar-refractivity contribution in [3.05, 3.63) is 48.7 Å². The summed E-state index contributed by atoms with van der Waals surface area (Å²) in [6.07, 6.45) is 2.91. The quantitative estimate of drug-likeness (QED) is 0.515. The standard InChI is InChI=1S/C11H8O2/c1-2-10(12)8-3-4-11-9(7-8)5-6-13-11/h2-7H,1H2. The van der Waals surface area contributed by atoms with Gasteiger partial charge < -0.3 is 4.42 Å². The van der Waals surface area contributed by atoms with Gasteiger partial charge in [-0.05, 0) is 30.3 Å². The summed E-state index contributed by atoms with van der Waals surface area (Å²) in [6.45, 7) is 3.43. The third-order valence-electron chi connectivity index (χ3n) is 1.92. The van der Waals surface area contributed by atoms with Gasteiger partial charge in [-0.2, -0.15) is 0 Å². The molecule has 2 aromatic rings. The number of ketones is 1. The molecule has 0 aliphatic heterocycles. The second kappa shape index (κ2) is 2.90. The Kier molecular flexibility index (Phi) is 1.74. The minimum atomic E-state index is -0.0666. The van der Waals surface area contributed by atoms with E-state index in [2.05, 4.69) is 6.58 Å². The molecule has 64 valence electrons. The topological polar surface area (TPSA) is 30.2 Å². The van der Waals surface area contributed by atoms with Crippen molar-refractivity contribution in [1.82, 2.24) is 0 Å². The first kappa shape index (κ1) is 7.80. The van der Waals surface area contributed by atoms with Crippen molar-refractivity contribution >= 4 is 16.8 Å². The summed E-state index contributed by atoms with van der Waals surface area (Å²) in [5, 5.41) is 0.938. The number of hydrogen-bond donors (Lipinski definition) is 0. The Hall–Kier alpha value is -1.83. The highest BCUT2D eigenvalue weighted by atomic mass is 16.3. The van der Waals surface area contributed by atoms with Crippen LogP contribution in [0, 0.1) is 0 Å². The minimum absolute atomic E-state index is 0.0666. The Bertz CT molecular complexity index is 466. The van der Waals surface area contributed by atoms with Gasteiger partial charge in [-0.15, -0.1) is 0 Å². The van der Waals surface area contributed by atoms with E-state index in [1.165, 1.54) is 6.08 Å². The lowest BCUT2D eigenvalue weighted by Gasteiger charge is -1.94. The van der Waals surface area contributed by atoms with Crippen molar-refractivity contribution in [1.29, 1.82) is 0 Å². The van der Waals surface area contributed by atoms with Gasteiger partial charge in [0.1, 0.15) is 5.58 Å². The van der Waals surface area contributed by atoms with Crippen LogP contribution < -0.4 is 0 Å². The Balaban J connectivity index is 2.60. The van der Waals surface area contributed by atoms with Crippen LogP contribution in [0.15, 0.2) is 47.6 Å². The number of carbonyl (C=O) groups is 1. The van der Waals surface area contributed by atoms with Gasteiger partial charge >= 0.3 is 0 Å². The van der Waals surface area contributed by atoms with Crippen LogP contribution in [0.1, 0.15) is 10.4 Å². The molecular weight excluding hydrogens is 164 g/mol. The SMILES string of the molecule is C=CC(=O)c1ccc2occc2c1. The molecule has 1 aromatic heterocycles. The van der Waals surface area contributed by atoms with Gasteiger partial charge in [0.15, 0.2) is 5.78 Å². The molecule has 0 radical (unpaired) electrons. The van der Waals surface area contributed by atoms with Crippen molar-refractivity contribution in [3.63, 3.8) is 0 Å². The van der Waals surface area contributed by atoms with Crippen LogP contribution in [0.5, 0.6) is 0 Å². The van der Waals surface area contributed by atoms with Crippen LogP contribution in [0.2, 0.25) is 0 Å². The summed E-state index contributed by atoms with van der Waals surface area (Å²) >= 11 is 0. The largest absolute Gasteiger partial charge is 0.464 e. The predicted molar refractivity (Wildman–Crippen MR) is 50.7 cm³/mol. The van der Waals surface area contributed by atoms with Gasteiger partial charge in [-0.25, -0.2) is 0 Å². The summed E-state index contributed by atoms with van der Waals surface area (Å²) in [4.78, 5) is 11.2. The summed E-state index contributed by atoms with van der Waals surface area (Å²) in [5.41, 5.74) is 1.43. The average Bonchev–Trinajstić information content (AvgIpc) is 2.63. The molecule has 2 heteroatoms. The molecule has 0 fully saturated rings. The first-order valence-corrected chi connectivity index (χ1v) is 3.95. The van der Waals surface area contributed by atoms with Crippen LogP contribution in [-0.4, -0.2) is 5.78 Å². The highest BCUT2D eigenvalue weighted by Crippen LogP contribution is 2.17. The van der Waals surface area contributed by atoms with Gasteiger partial charge in [0.2, 0.25) is 0 Å². The Morgan fingerprint density at radius 1 is 1.38 bits per heavy atom. The molecule has 0 atom stereocenters. The lowest BCUT2D eigenvalue weighted by Crippen LogP contribution is -1.91. The first-order chi connectivity index (χ1) is 6.31. The maximum atomic E-state index is 11.2. The molecule has 0 N–H and O–H groups in total. The molecule has 0 amide bonds. The first-order valence-electron chi connectivity index (χ1n) is 3.95. The fourth-order valence-electron chi connectivity index (χ4n) is 1.24. The van der Waals surface area contributed by atoms with Crippen molar-refractivity contribution in [3.8, 4) is 0 Å². The van der Waals surface area contributed by atoms with E-state index < -0.39 is 0 Å². The van der Waals surface area contributed by atoms with E-state index >= 15 is 0 Å². The summed E-state index contributed by atoms with van der Waals surface area (Å²) in [6, 6.07) is 7.14. The van der Waals surface area contributed by atoms with E-state index in [-0.39, 0.29) is 5.78 Å². The molecule has 0 aliphatic rings. The number of rotatable bonds is 2. The Morgan fingerprint density at radius 3 is 3.00 bits per heavy atom. The van der Waals surface area contributed by atoms with Crippen LogP contribution in [0.3, 0.4) is 0 Å². The zero-order valence-corrected chi connectivity index (χ0v) is 6.99. The predicted octanol–water partition coefficient (Wildman–Crippen LogP) is 2.80. The van der Waals surface area contributed by atoms with E-state index in [0.29, 0.717) is 5.56 Å². The Labute approximate surface area is 75.5 Å². The molecule has 2 nitrogen and oxygen atoms in total. The summed E-state index contributed by atoms with van der Waals surface area (Å²) < 4.78 is 5.15. The number of benzene rings is 1. The van der Waals surface area contributed by atoms with Gasteiger partial charge in [0.25, 0.3) is 0 Å². The lowest BCUT2D eigenvalue weighted by molar-refractivity contribution is 0.104. The van der Waals surface area contributed by atoms with Crippen LogP contribution in [-0.2, 0) is 0 Å². The molecule has 0 bridgehead atoms. The third-order valence-corrected chi connectivity index (χ3v) is 1.92. The van der Waals surface area contributed by atoms with Crippen LogP contribution in [0.25, 0.3) is 11.0 Å². The van der Waals surface area contributed by atoms with E-state index in [0.717, 1.165) is 11.0 Å². The smallest absolute Gasteiger partial charge is 0.185 e. The molecule has 0 spiro atoms. The maximum Gasteiger partial charge on any atom is 0.185 e. The zero-order chi connectivity index (χ0) is 9.26. The monoisotopic (exact) mass is 172 g/mol. The number of fused-ring (bicyclic) bond motifs is 1. The highest BCUT2D eigenvalue weighted by molar-refractivity contribution is 6.06. The number of allylic oxidation sites excluding steroid dienone is 1. The molecule has 0 saturated heterocycles. The minimum Gasteiger partial charge on any atom is -0.464 e. The van der Waals surface area contributed by atoms with E-state index in [1.54, 1.807) is 24.5 Å². The van der Waals surface area contributed by atoms with Crippen LogP contribution in [0.4, 0.5) is 0 Å². The second-order valence-corrected chi connectivity index (χ2v) is 2.74. The van der Waals surface area contributed by atoms with E-state index in [9.17, 15) is 4.79 Å². The number of furan rings is 1. The molecule has 0 saturated carbocycles. The second-order valence-electron chi connectivity index (χ2n) is 2.74. The van der Waals surface area contributed by atoms with Crippen molar-refractivity contribution in [2.45, 2.75) is 0 Å². The summed E-state index contributed by atoms with van der Waals surface area (Å²) in [5.74, 6) is -0.0666. The zero-order valence-electron chi connectivity index (χ0n) is 6.99. The van der Waals surface area contributed by atoms with E-state index in [4.69, 9.17) is 4.42 Å². The van der Waals surface area contributed by atoms with Gasteiger partial charge in [-0.3, -0.25) is 4.79 Å². The molecular formula is C11H8O2. The van der Waals surface area contributed by atoms with Crippen molar-refractivity contribution < 1.29 is 9.21 Å². The van der Waals surface area contributed by atoms with Gasteiger partial charge in [-0.1, -0.05) is 6.58 Å². The van der Waals surface area contributed by atoms with Gasteiger partial charge in [0, 0.05) is 10.9 Å². The van der Waals surface area contributed by atoms with Crippen molar-refractivity contribution in [2.75, 3.05) is 0 Å². The molecule has 1 heterocycles. The van der Waals surface area contributed by atoms with E-state index in [1.807, 2.05) is 6.07 Å². The molecule has 1 aromatic carbocycles. The average molecular weight is 172 g/mol. The molecule has 13 heavy (non-hydrogen) atoms. The molecule has 0 unspecified atom stereocenters.